The van der Waals surface area contributed by atoms with Crippen LogP contribution in [0, 0.1) is 0 Å². The van der Waals surface area contributed by atoms with Crippen molar-refractivity contribution in [3.63, 3.8) is 0 Å². The monoisotopic (exact) mass is 295 g/mol. The predicted molar refractivity (Wildman–Crippen MR) is 82.1 cm³/mol. The topological polar surface area (TPSA) is 49.6 Å². The molecule has 20 heavy (non-hydrogen) atoms. The third-order valence-corrected chi connectivity index (χ3v) is 4.09. The number of hydrogen-bond acceptors (Lipinski definition) is 2. The standard InChI is InChI=1S/C15H22ClN3O/c1-12(13-4-2-5-14(16)10-13)11-18-6-3-7-19(9-8-18)15(17)20/h2,4-5,10,12H,3,6-9,11H2,1H3,(H2,17,20)/t12-/m0/s1. The Bertz CT molecular complexity index is 466. The Morgan fingerprint density at radius 2 is 2.15 bits per heavy atom. The zero-order valence-corrected chi connectivity index (χ0v) is 12.6. The molecule has 0 radical (unpaired) electrons. The van der Waals surface area contributed by atoms with Gasteiger partial charge in [-0.1, -0.05) is 30.7 Å². The molecule has 1 aliphatic rings. The van der Waals surface area contributed by atoms with E-state index in [9.17, 15) is 4.79 Å². The second-order valence-corrected chi connectivity index (χ2v) is 5.87. The summed E-state index contributed by atoms with van der Waals surface area (Å²) in [5, 5.41) is 0.783. The average Bonchev–Trinajstić information content (AvgIpc) is 2.64. The van der Waals surface area contributed by atoms with Gasteiger partial charge in [0.2, 0.25) is 0 Å². The third kappa shape index (κ3) is 4.12. The maximum absolute atomic E-state index is 11.2. The Labute approximate surface area is 125 Å². The highest BCUT2D eigenvalue weighted by Gasteiger charge is 2.19. The Morgan fingerprint density at radius 3 is 2.85 bits per heavy atom. The maximum Gasteiger partial charge on any atom is 0.314 e. The molecule has 1 fully saturated rings. The lowest BCUT2D eigenvalue weighted by Gasteiger charge is -2.24. The quantitative estimate of drug-likeness (QED) is 0.931. The molecule has 0 bridgehead atoms. The van der Waals surface area contributed by atoms with Gasteiger partial charge in [-0.05, 0) is 36.6 Å². The van der Waals surface area contributed by atoms with Crippen LogP contribution in [0.5, 0.6) is 0 Å². The smallest absolute Gasteiger partial charge is 0.314 e. The molecular formula is C15H22ClN3O. The van der Waals surface area contributed by atoms with Gasteiger partial charge >= 0.3 is 6.03 Å². The van der Waals surface area contributed by atoms with E-state index in [1.807, 2.05) is 18.2 Å². The van der Waals surface area contributed by atoms with Gasteiger partial charge < -0.3 is 15.5 Å². The van der Waals surface area contributed by atoms with Crippen molar-refractivity contribution in [1.82, 2.24) is 9.80 Å². The predicted octanol–water partition coefficient (Wildman–Crippen LogP) is 2.53. The zero-order valence-electron chi connectivity index (χ0n) is 11.9. The minimum atomic E-state index is -0.310. The van der Waals surface area contributed by atoms with E-state index in [4.69, 9.17) is 17.3 Å². The lowest BCUT2D eigenvalue weighted by Crippen LogP contribution is -2.39. The highest BCUT2D eigenvalue weighted by Crippen LogP contribution is 2.20. The van der Waals surface area contributed by atoms with Crippen LogP contribution in [0.3, 0.4) is 0 Å². The lowest BCUT2D eigenvalue weighted by molar-refractivity contribution is 0.207. The van der Waals surface area contributed by atoms with E-state index < -0.39 is 0 Å². The Hall–Kier alpha value is -1.26. The molecule has 0 spiro atoms. The van der Waals surface area contributed by atoms with E-state index in [0.29, 0.717) is 5.92 Å². The van der Waals surface area contributed by atoms with Gasteiger partial charge in [0.15, 0.2) is 0 Å². The summed E-state index contributed by atoms with van der Waals surface area (Å²) in [6, 6.07) is 7.72. The summed E-state index contributed by atoms with van der Waals surface area (Å²) >= 11 is 6.04. The van der Waals surface area contributed by atoms with Gasteiger partial charge in [-0.3, -0.25) is 0 Å². The van der Waals surface area contributed by atoms with E-state index in [2.05, 4.69) is 17.9 Å². The molecule has 1 aromatic carbocycles. The molecule has 4 nitrogen and oxygen atoms in total. The van der Waals surface area contributed by atoms with Crippen molar-refractivity contribution in [3.8, 4) is 0 Å². The second-order valence-electron chi connectivity index (χ2n) is 5.44. The fourth-order valence-corrected chi connectivity index (χ4v) is 2.88. The molecule has 0 unspecified atom stereocenters. The largest absolute Gasteiger partial charge is 0.351 e. The number of nitrogens with two attached hydrogens (primary N) is 1. The first-order chi connectivity index (χ1) is 9.56. The average molecular weight is 296 g/mol. The van der Waals surface area contributed by atoms with Crippen molar-refractivity contribution in [3.05, 3.63) is 34.9 Å². The number of amides is 2. The first kappa shape index (κ1) is 15.1. The molecule has 1 atom stereocenters. The van der Waals surface area contributed by atoms with Crippen molar-refractivity contribution < 1.29 is 4.79 Å². The highest BCUT2D eigenvalue weighted by atomic mass is 35.5. The molecule has 1 aromatic rings. The molecule has 0 saturated carbocycles. The number of primary amides is 1. The Balaban J connectivity index is 1.91. The molecule has 5 heteroatoms. The SMILES string of the molecule is C[C@@H](CN1CCCN(C(N)=O)CC1)c1cccc(Cl)c1. The van der Waals surface area contributed by atoms with Crippen LogP contribution in [0.2, 0.25) is 5.02 Å². The Morgan fingerprint density at radius 1 is 1.35 bits per heavy atom. The van der Waals surface area contributed by atoms with Gasteiger partial charge in [-0.2, -0.15) is 0 Å². The lowest BCUT2D eigenvalue weighted by atomic mass is 10.0. The summed E-state index contributed by atoms with van der Waals surface area (Å²) in [6.45, 7) is 6.56. The minimum Gasteiger partial charge on any atom is -0.351 e. The van der Waals surface area contributed by atoms with Gasteiger partial charge in [-0.25, -0.2) is 4.79 Å². The normalized spacial score (nSPS) is 18.6. The summed E-state index contributed by atoms with van der Waals surface area (Å²) in [6.07, 6.45) is 0.977. The molecule has 0 aliphatic carbocycles. The summed E-state index contributed by atoms with van der Waals surface area (Å²) < 4.78 is 0. The van der Waals surface area contributed by atoms with Crippen LogP contribution in [-0.2, 0) is 0 Å². The first-order valence-corrected chi connectivity index (χ1v) is 7.46. The van der Waals surface area contributed by atoms with Crippen molar-refractivity contribution in [1.29, 1.82) is 0 Å². The highest BCUT2D eigenvalue weighted by molar-refractivity contribution is 6.30. The zero-order chi connectivity index (χ0) is 14.5. The number of carbonyl (C=O) groups is 1. The molecule has 0 aromatic heterocycles. The molecule has 2 N–H and O–H groups in total. The molecule has 1 heterocycles. The summed E-state index contributed by atoms with van der Waals surface area (Å²) in [5.41, 5.74) is 6.60. The van der Waals surface area contributed by atoms with Crippen molar-refractivity contribution in [2.75, 3.05) is 32.7 Å². The first-order valence-electron chi connectivity index (χ1n) is 7.08. The van der Waals surface area contributed by atoms with E-state index in [1.165, 1.54) is 5.56 Å². The minimum absolute atomic E-state index is 0.310. The summed E-state index contributed by atoms with van der Waals surface area (Å²) in [4.78, 5) is 15.3. The molecular weight excluding hydrogens is 274 g/mol. The molecule has 2 amide bonds. The second kappa shape index (κ2) is 6.95. The molecule has 1 saturated heterocycles. The van der Waals surface area contributed by atoms with Crippen LogP contribution in [0.15, 0.2) is 24.3 Å². The van der Waals surface area contributed by atoms with Gasteiger partial charge in [0.25, 0.3) is 0 Å². The number of nitrogens with zero attached hydrogens (tertiary/aromatic N) is 2. The number of carbonyl (C=O) groups excluding carboxylic acids is 1. The van der Waals surface area contributed by atoms with Gasteiger partial charge in [0.1, 0.15) is 0 Å². The fourth-order valence-electron chi connectivity index (χ4n) is 2.68. The van der Waals surface area contributed by atoms with Crippen LogP contribution in [-0.4, -0.2) is 48.6 Å². The van der Waals surface area contributed by atoms with Crippen molar-refractivity contribution in [2.24, 2.45) is 5.73 Å². The number of halogens is 1. The number of rotatable bonds is 3. The Kier molecular flexibility index (Phi) is 5.26. The van der Waals surface area contributed by atoms with Crippen molar-refractivity contribution >= 4 is 17.6 Å². The molecule has 1 aliphatic heterocycles. The fraction of sp³-hybridized carbons (Fsp3) is 0.533. The van der Waals surface area contributed by atoms with Crippen LogP contribution < -0.4 is 5.73 Å². The molecule has 110 valence electrons. The summed E-state index contributed by atoms with van der Waals surface area (Å²) in [5.74, 6) is 0.425. The summed E-state index contributed by atoms with van der Waals surface area (Å²) in [7, 11) is 0. The number of benzene rings is 1. The maximum atomic E-state index is 11.2. The van der Waals surface area contributed by atoms with Crippen LogP contribution in [0.1, 0.15) is 24.8 Å². The van der Waals surface area contributed by atoms with E-state index >= 15 is 0 Å². The van der Waals surface area contributed by atoms with Crippen LogP contribution in [0.25, 0.3) is 0 Å². The third-order valence-electron chi connectivity index (χ3n) is 3.85. The van der Waals surface area contributed by atoms with E-state index in [1.54, 1.807) is 4.90 Å². The van der Waals surface area contributed by atoms with Gasteiger partial charge in [0, 0.05) is 31.2 Å². The van der Waals surface area contributed by atoms with Gasteiger partial charge in [0.05, 0.1) is 0 Å². The number of hydrogen-bond donors (Lipinski definition) is 1. The van der Waals surface area contributed by atoms with E-state index in [0.717, 1.165) is 44.2 Å². The van der Waals surface area contributed by atoms with E-state index in [-0.39, 0.29) is 6.03 Å². The van der Waals surface area contributed by atoms with Crippen LogP contribution >= 0.6 is 11.6 Å². The van der Waals surface area contributed by atoms with Gasteiger partial charge in [-0.15, -0.1) is 0 Å². The van der Waals surface area contributed by atoms with Crippen LogP contribution in [0.4, 0.5) is 4.79 Å². The van der Waals surface area contributed by atoms with Crippen molar-refractivity contribution in [2.45, 2.75) is 19.3 Å². The number of urea groups is 1. The molecule has 2 rings (SSSR count).